The number of carbonyl (C=O) groups is 1. The maximum absolute atomic E-state index is 13.2. The summed E-state index contributed by atoms with van der Waals surface area (Å²) in [7, 11) is 0. The molecule has 3 aliphatic heterocycles. The van der Waals surface area contributed by atoms with Crippen LogP contribution in [0.15, 0.2) is 24.3 Å². The van der Waals surface area contributed by atoms with Crippen molar-refractivity contribution >= 4 is 11.6 Å². The van der Waals surface area contributed by atoms with Crippen molar-refractivity contribution in [3.8, 4) is 5.75 Å². The molecular weight excluding hydrogens is 390 g/mol. The largest absolute Gasteiger partial charge is 0.491 e. The number of ether oxygens (including phenoxy) is 6. The summed E-state index contributed by atoms with van der Waals surface area (Å²) in [6, 6.07) is 7.33. The minimum atomic E-state index is -0.923. The second-order valence-electron chi connectivity index (χ2n) is 9.28. The van der Waals surface area contributed by atoms with E-state index >= 15 is 0 Å². The SMILES string of the molecule is CC(C)COc1ccccc1NC(=O)[C@H]1O[C@@H]2OC(C)(C)O[C@@H]2[C@H]2OC(C)(C)O[C@H]21. The van der Waals surface area contributed by atoms with Crippen LogP contribution in [0, 0.1) is 5.92 Å². The van der Waals surface area contributed by atoms with E-state index in [0.29, 0.717) is 24.0 Å². The van der Waals surface area contributed by atoms with Crippen molar-refractivity contribution in [3.05, 3.63) is 24.3 Å². The second kappa shape index (κ2) is 7.76. The van der Waals surface area contributed by atoms with E-state index < -0.39 is 42.3 Å². The van der Waals surface area contributed by atoms with E-state index in [1.165, 1.54) is 0 Å². The average Bonchev–Trinajstić information content (AvgIpc) is 3.13. The van der Waals surface area contributed by atoms with Gasteiger partial charge in [0.1, 0.15) is 24.1 Å². The molecule has 4 rings (SSSR count). The van der Waals surface area contributed by atoms with Gasteiger partial charge in [-0.25, -0.2) is 0 Å². The number of hydrogen-bond acceptors (Lipinski definition) is 7. The van der Waals surface area contributed by atoms with Gasteiger partial charge in [-0.3, -0.25) is 4.79 Å². The third-order valence-electron chi connectivity index (χ3n) is 5.13. The summed E-state index contributed by atoms with van der Waals surface area (Å²) in [5.41, 5.74) is 0.576. The van der Waals surface area contributed by atoms with Crippen molar-refractivity contribution in [2.45, 2.75) is 83.8 Å². The highest BCUT2D eigenvalue weighted by atomic mass is 16.9. The molecule has 3 heterocycles. The van der Waals surface area contributed by atoms with E-state index in [1.807, 2.05) is 45.9 Å². The predicted octanol–water partition coefficient (Wildman–Crippen LogP) is 3.06. The van der Waals surface area contributed by atoms with Gasteiger partial charge in [0.25, 0.3) is 5.91 Å². The highest BCUT2D eigenvalue weighted by Crippen LogP contribution is 2.44. The lowest BCUT2D eigenvalue weighted by molar-refractivity contribution is -0.229. The lowest BCUT2D eigenvalue weighted by atomic mass is 9.98. The van der Waals surface area contributed by atoms with Crippen LogP contribution in [0.5, 0.6) is 5.75 Å². The molecule has 0 radical (unpaired) electrons. The van der Waals surface area contributed by atoms with Crippen LogP contribution in [-0.4, -0.2) is 54.8 Å². The zero-order valence-electron chi connectivity index (χ0n) is 18.3. The first-order chi connectivity index (χ1) is 14.0. The van der Waals surface area contributed by atoms with Crippen LogP contribution in [0.25, 0.3) is 0 Å². The molecule has 3 saturated heterocycles. The van der Waals surface area contributed by atoms with Gasteiger partial charge in [-0.2, -0.15) is 0 Å². The Labute approximate surface area is 177 Å². The fraction of sp³-hybridized carbons (Fsp3) is 0.682. The van der Waals surface area contributed by atoms with Gasteiger partial charge in [-0.1, -0.05) is 26.0 Å². The maximum Gasteiger partial charge on any atom is 0.256 e. The molecule has 1 N–H and O–H groups in total. The summed E-state index contributed by atoms with van der Waals surface area (Å²) < 4.78 is 35.8. The Morgan fingerprint density at radius 1 is 1.00 bits per heavy atom. The number of carbonyl (C=O) groups excluding carboxylic acids is 1. The van der Waals surface area contributed by atoms with Gasteiger partial charge in [-0.05, 0) is 45.7 Å². The molecule has 3 aliphatic rings. The lowest BCUT2D eigenvalue weighted by Gasteiger charge is -2.36. The molecule has 8 heteroatoms. The van der Waals surface area contributed by atoms with Gasteiger partial charge in [0.05, 0.1) is 12.3 Å². The van der Waals surface area contributed by atoms with Crippen LogP contribution in [-0.2, 0) is 28.5 Å². The molecule has 1 amide bonds. The average molecular weight is 421 g/mol. The van der Waals surface area contributed by atoms with Crippen molar-refractivity contribution in [1.82, 2.24) is 0 Å². The molecule has 0 spiro atoms. The molecule has 3 fully saturated rings. The van der Waals surface area contributed by atoms with E-state index in [2.05, 4.69) is 19.2 Å². The molecule has 0 aliphatic carbocycles. The molecule has 166 valence electrons. The van der Waals surface area contributed by atoms with E-state index in [4.69, 9.17) is 28.4 Å². The highest BCUT2D eigenvalue weighted by Gasteiger charge is 2.62. The highest BCUT2D eigenvalue weighted by molar-refractivity contribution is 5.96. The minimum absolute atomic E-state index is 0.348. The number of fused-ring (bicyclic) bond motifs is 3. The molecule has 0 bridgehead atoms. The Hall–Kier alpha value is -1.71. The number of hydrogen-bond donors (Lipinski definition) is 1. The molecule has 30 heavy (non-hydrogen) atoms. The Bertz CT molecular complexity index is 793. The van der Waals surface area contributed by atoms with Gasteiger partial charge in [0, 0.05) is 0 Å². The number of rotatable bonds is 5. The number of benzene rings is 1. The van der Waals surface area contributed by atoms with Gasteiger partial charge < -0.3 is 33.7 Å². The Morgan fingerprint density at radius 3 is 2.37 bits per heavy atom. The van der Waals surface area contributed by atoms with Crippen LogP contribution >= 0.6 is 0 Å². The lowest BCUT2D eigenvalue weighted by Crippen LogP contribution is -2.58. The number of anilines is 1. The van der Waals surface area contributed by atoms with Crippen LogP contribution in [0.1, 0.15) is 41.5 Å². The monoisotopic (exact) mass is 421 g/mol. The molecule has 0 aromatic heterocycles. The van der Waals surface area contributed by atoms with Crippen LogP contribution < -0.4 is 10.1 Å². The van der Waals surface area contributed by atoms with Crippen LogP contribution in [0.2, 0.25) is 0 Å². The smallest absolute Gasteiger partial charge is 0.256 e. The van der Waals surface area contributed by atoms with Crippen molar-refractivity contribution in [3.63, 3.8) is 0 Å². The van der Waals surface area contributed by atoms with Crippen LogP contribution in [0.3, 0.4) is 0 Å². The van der Waals surface area contributed by atoms with E-state index in [1.54, 1.807) is 6.07 Å². The number of nitrogens with one attached hydrogen (secondary N) is 1. The normalized spacial score (nSPS) is 33.8. The van der Waals surface area contributed by atoms with E-state index in [9.17, 15) is 4.79 Å². The standard InChI is InChI=1S/C22H31NO7/c1-12(2)11-25-14-10-8-7-9-13(14)23-19(24)17-15-16(28-21(3,4)27-15)18-20(26-17)30-22(5,6)29-18/h7-10,12,15-18,20H,11H2,1-6H3,(H,23,24)/t15-,16+,17+,18-,20-/m1/s1. The summed E-state index contributed by atoms with van der Waals surface area (Å²) in [6.45, 7) is 11.9. The van der Waals surface area contributed by atoms with E-state index in [0.717, 1.165) is 0 Å². The summed E-state index contributed by atoms with van der Waals surface area (Å²) >= 11 is 0. The van der Waals surface area contributed by atoms with Gasteiger partial charge in [0.15, 0.2) is 24.0 Å². The summed E-state index contributed by atoms with van der Waals surface area (Å²) in [5.74, 6) is -1.07. The van der Waals surface area contributed by atoms with Crippen molar-refractivity contribution in [1.29, 1.82) is 0 Å². The molecule has 8 nitrogen and oxygen atoms in total. The summed E-state index contributed by atoms with van der Waals surface area (Å²) in [5, 5.41) is 2.92. The van der Waals surface area contributed by atoms with Crippen LogP contribution in [0.4, 0.5) is 5.69 Å². The molecule has 0 unspecified atom stereocenters. The Morgan fingerprint density at radius 2 is 1.63 bits per heavy atom. The summed E-state index contributed by atoms with van der Waals surface area (Å²) in [4.78, 5) is 13.2. The molecule has 1 aromatic rings. The maximum atomic E-state index is 13.2. The predicted molar refractivity (Wildman–Crippen MR) is 108 cm³/mol. The third-order valence-corrected chi connectivity index (χ3v) is 5.13. The first-order valence-electron chi connectivity index (χ1n) is 10.4. The third kappa shape index (κ3) is 4.33. The molecular formula is C22H31NO7. The molecule has 1 aromatic carbocycles. The summed E-state index contributed by atoms with van der Waals surface area (Å²) in [6.07, 6.45) is -3.22. The molecule has 5 atom stereocenters. The first-order valence-corrected chi connectivity index (χ1v) is 10.4. The fourth-order valence-electron chi connectivity index (χ4n) is 3.98. The second-order valence-corrected chi connectivity index (χ2v) is 9.28. The van der Waals surface area contributed by atoms with Gasteiger partial charge in [-0.15, -0.1) is 0 Å². The van der Waals surface area contributed by atoms with Crippen molar-refractivity contribution in [2.75, 3.05) is 11.9 Å². The van der Waals surface area contributed by atoms with E-state index in [-0.39, 0.29) is 5.91 Å². The Kier molecular flexibility index (Phi) is 5.57. The quantitative estimate of drug-likeness (QED) is 0.782. The number of para-hydroxylation sites is 2. The fourth-order valence-corrected chi connectivity index (χ4v) is 3.98. The van der Waals surface area contributed by atoms with Crippen molar-refractivity contribution < 1.29 is 33.2 Å². The van der Waals surface area contributed by atoms with Crippen molar-refractivity contribution in [2.24, 2.45) is 5.92 Å². The van der Waals surface area contributed by atoms with Gasteiger partial charge >= 0.3 is 0 Å². The zero-order valence-corrected chi connectivity index (χ0v) is 18.3. The zero-order chi connectivity index (χ0) is 21.7. The topological polar surface area (TPSA) is 84.5 Å². The minimum Gasteiger partial charge on any atom is -0.491 e. The first kappa shape index (κ1) is 21.5. The number of amides is 1. The Balaban J connectivity index is 1.54. The molecule has 0 saturated carbocycles. The van der Waals surface area contributed by atoms with Gasteiger partial charge in [0.2, 0.25) is 0 Å².